The van der Waals surface area contributed by atoms with E-state index in [0.717, 1.165) is 0 Å². The van der Waals surface area contributed by atoms with Gasteiger partial charge in [-0.1, -0.05) is 0 Å². The third kappa shape index (κ3) is 3.74. The molecule has 0 aliphatic carbocycles. The maximum atomic E-state index is 12.6. The van der Waals surface area contributed by atoms with Crippen molar-refractivity contribution in [2.75, 3.05) is 0 Å². The second kappa shape index (κ2) is 5.64. The molecule has 0 amide bonds. The molecular formula is C9H4F5N3O3. The van der Waals surface area contributed by atoms with Gasteiger partial charge in [-0.05, 0) is 0 Å². The minimum absolute atomic E-state index is 0.431. The molecule has 0 radical (unpaired) electrons. The Bertz CT molecular complexity index is 567. The number of nitriles is 1. The van der Waals surface area contributed by atoms with Crippen LogP contribution in [0, 0.1) is 21.4 Å². The summed E-state index contributed by atoms with van der Waals surface area (Å²) >= 11 is 0. The van der Waals surface area contributed by atoms with Crippen LogP contribution in [0.3, 0.4) is 0 Å². The van der Waals surface area contributed by atoms with Gasteiger partial charge in [0.25, 0.3) is 6.43 Å². The van der Waals surface area contributed by atoms with Crippen molar-refractivity contribution in [3.8, 4) is 11.8 Å². The molecule has 1 aromatic heterocycles. The van der Waals surface area contributed by atoms with Crippen LogP contribution in [0.4, 0.5) is 27.6 Å². The van der Waals surface area contributed by atoms with Crippen molar-refractivity contribution in [3.05, 3.63) is 27.6 Å². The Hall–Kier alpha value is -2.51. The summed E-state index contributed by atoms with van der Waals surface area (Å²) in [5, 5.41) is 19.0. The Morgan fingerprint density at radius 3 is 2.50 bits per heavy atom. The lowest BCUT2D eigenvalue weighted by molar-refractivity contribution is -0.390. The zero-order chi connectivity index (χ0) is 15.5. The van der Waals surface area contributed by atoms with Crippen LogP contribution < -0.4 is 4.74 Å². The van der Waals surface area contributed by atoms with Gasteiger partial charge in [0.1, 0.15) is 0 Å². The van der Waals surface area contributed by atoms with Crippen molar-refractivity contribution < 1.29 is 31.6 Å². The van der Waals surface area contributed by atoms with Gasteiger partial charge in [-0.2, -0.15) is 5.26 Å². The molecule has 0 N–H and O–H groups in total. The molecular weight excluding hydrogens is 293 g/mol. The first-order chi connectivity index (χ1) is 9.15. The molecule has 0 atom stereocenters. The monoisotopic (exact) mass is 297 g/mol. The summed E-state index contributed by atoms with van der Waals surface area (Å²) in [7, 11) is 0. The van der Waals surface area contributed by atoms with Gasteiger partial charge in [0, 0.05) is 6.07 Å². The van der Waals surface area contributed by atoms with Gasteiger partial charge in [0.15, 0.2) is 5.69 Å². The number of aromatic nitrogens is 1. The van der Waals surface area contributed by atoms with Crippen molar-refractivity contribution in [2.45, 2.75) is 19.2 Å². The third-order valence-electron chi connectivity index (χ3n) is 1.91. The normalized spacial score (nSPS) is 11.2. The number of pyridine rings is 1. The lowest BCUT2D eigenvalue weighted by atomic mass is 10.2. The van der Waals surface area contributed by atoms with Gasteiger partial charge in [-0.25, -0.2) is 13.8 Å². The summed E-state index contributed by atoms with van der Waals surface area (Å²) in [6.45, 7) is 0. The van der Waals surface area contributed by atoms with Crippen LogP contribution in [0.2, 0.25) is 0 Å². The van der Waals surface area contributed by atoms with E-state index in [1.54, 1.807) is 0 Å². The van der Waals surface area contributed by atoms with Crippen LogP contribution >= 0.6 is 0 Å². The maximum Gasteiger partial charge on any atom is 0.573 e. The molecule has 0 fully saturated rings. The molecule has 0 aromatic carbocycles. The molecule has 6 nitrogen and oxygen atoms in total. The van der Waals surface area contributed by atoms with Crippen molar-refractivity contribution in [3.63, 3.8) is 0 Å². The van der Waals surface area contributed by atoms with Crippen molar-refractivity contribution in [1.82, 2.24) is 4.98 Å². The molecule has 108 valence electrons. The standard InChI is InChI=1S/C9H4F5N3O3/c10-8(11)6-7(17(18)19)5(20-9(12,13)14)3-4(16-6)1-2-15/h3,8H,1H2. The second-order valence-electron chi connectivity index (χ2n) is 3.29. The van der Waals surface area contributed by atoms with Crippen molar-refractivity contribution in [2.24, 2.45) is 0 Å². The topological polar surface area (TPSA) is 89.0 Å². The maximum absolute atomic E-state index is 12.6. The van der Waals surface area contributed by atoms with E-state index in [0.29, 0.717) is 6.07 Å². The van der Waals surface area contributed by atoms with Gasteiger partial charge in [0.2, 0.25) is 5.75 Å². The SMILES string of the molecule is N#CCc1cc(OC(F)(F)F)c([N+](=O)[O-])c(C(F)F)n1. The molecule has 0 aliphatic heterocycles. The summed E-state index contributed by atoms with van der Waals surface area (Å²) < 4.78 is 65.0. The lowest BCUT2D eigenvalue weighted by Gasteiger charge is -2.12. The van der Waals surface area contributed by atoms with E-state index in [1.807, 2.05) is 0 Å². The first-order valence-electron chi connectivity index (χ1n) is 4.74. The van der Waals surface area contributed by atoms with Gasteiger partial charge < -0.3 is 4.74 Å². The van der Waals surface area contributed by atoms with E-state index in [-0.39, 0.29) is 0 Å². The number of nitrogens with zero attached hydrogens (tertiary/aromatic N) is 3. The molecule has 1 aromatic rings. The minimum atomic E-state index is -5.31. The molecule has 0 bridgehead atoms. The third-order valence-corrected chi connectivity index (χ3v) is 1.91. The molecule has 0 aliphatic rings. The molecule has 1 rings (SSSR count). The molecule has 0 unspecified atom stereocenters. The highest BCUT2D eigenvalue weighted by Gasteiger charge is 2.38. The molecule has 11 heteroatoms. The highest BCUT2D eigenvalue weighted by molar-refractivity contribution is 5.51. The number of alkyl halides is 5. The molecule has 0 spiro atoms. The van der Waals surface area contributed by atoms with Gasteiger partial charge in [-0.15, -0.1) is 13.2 Å². The van der Waals surface area contributed by atoms with E-state index in [9.17, 15) is 32.1 Å². The number of halogens is 5. The minimum Gasteiger partial charge on any atom is -0.398 e. The second-order valence-corrected chi connectivity index (χ2v) is 3.29. The van der Waals surface area contributed by atoms with Gasteiger partial charge in [0.05, 0.1) is 23.1 Å². The molecule has 0 saturated carbocycles. The van der Waals surface area contributed by atoms with Gasteiger partial charge in [-0.3, -0.25) is 10.1 Å². The smallest absolute Gasteiger partial charge is 0.398 e. The van der Waals surface area contributed by atoms with Crippen LogP contribution in [0.5, 0.6) is 5.75 Å². The van der Waals surface area contributed by atoms with E-state index in [4.69, 9.17) is 5.26 Å². The van der Waals surface area contributed by atoms with Crippen molar-refractivity contribution in [1.29, 1.82) is 5.26 Å². The Morgan fingerprint density at radius 1 is 1.50 bits per heavy atom. The number of nitro groups is 1. The first kappa shape index (κ1) is 15.5. The lowest BCUT2D eigenvalue weighted by Crippen LogP contribution is -2.19. The predicted octanol–water partition coefficient (Wildman–Crippen LogP) is 2.89. The summed E-state index contributed by atoms with van der Waals surface area (Å²) in [4.78, 5) is 12.3. The average molecular weight is 297 g/mol. The van der Waals surface area contributed by atoms with Crippen LogP contribution in [0.25, 0.3) is 0 Å². The quantitative estimate of drug-likeness (QED) is 0.484. The average Bonchev–Trinajstić information content (AvgIpc) is 2.25. The summed E-state index contributed by atoms with van der Waals surface area (Å²) in [6.07, 6.45) is -9.41. The van der Waals surface area contributed by atoms with Crippen LogP contribution in [-0.2, 0) is 6.42 Å². The molecule has 0 saturated heterocycles. The first-order valence-corrected chi connectivity index (χ1v) is 4.74. The Balaban J connectivity index is 3.51. The number of hydrogen-bond acceptors (Lipinski definition) is 5. The summed E-state index contributed by atoms with van der Waals surface area (Å²) in [5.74, 6) is -1.43. The highest BCUT2D eigenvalue weighted by Crippen LogP contribution is 2.38. The van der Waals surface area contributed by atoms with E-state index in [2.05, 4.69) is 9.72 Å². The Labute approximate surface area is 107 Å². The number of rotatable bonds is 4. The fourth-order valence-corrected chi connectivity index (χ4v) is 1.30. The zero-order valence-electron chi connectivity index (χ0n) is 9.32. The molecule has 1 heterocycles. The summed E-state index contributed by atoms with van der Waals surface area (Å²) in [5.41, 5.74) is -3.56. The fourth-order valence-electron chi connectivity index (χ4n) is 1.30. The van der Waals surface area contributed by atoms with E-state index in [1.165, 1.54) is 6.07 Å². The highest BCUT2D eigenvalue weighted by atomic mass is 19.4. The predicted molar refractivity (Wildman–Crippen MR) is 51.8 cm³/mol. The number of ether oxygens (including phenoxy) is 1. The number of hydrogen-bond donors (Lipinski definition) is 0. The Morgan fingerprint density at radius 2 is 2.10 bits per heavy atom. The van der Waals surface area contributed by atoms with E-state index < -0.39 is 47.0 Å². The van der Waals surface area contributed by atoms with Crippen LogP contribution in [0.1, 0.15) is 17.8 Å². The fraction of sp³-hybridized carbons (Fsp3) is 0.333. The van der Waals surface area contributed by atoms with E-state index >= 15 is 0 Å². The van der Waals surface area contributed by atoms with Gasteiger partial charge >= 0.3 is 12.0 Å². The zero-order valence-corrected chi connectivity index (χ0v) is 9.32. The molecule has 20 heavy (non-hydrogen) atoms. The van der Waals surface area contributed by atoms with Crippen LogP contribution in [0.15, 0.2) is 6.07 Å². The largest absolute Gasteiger partial charge is 0.573 e. The Kier molecular flexibility index (Phi) is 4.38. The van der Waals surface area contributed by atoms with Crippen LogP contribution in [-0.4, -0.2) is 16.3 Å². The van der Waals surface area contributed by atoms with Crippen molar-refractivity contribution >= 4 is 5.69 Å². The summed E-state index contributed by atoms with van der Waals surface area (Å²) in [6, 6.07) is 1.91.